The van der Waals surface area contributed by atoms with Gasteiger partial charge in [-0.15, -0.1) is 0 Å². The molecule has 1 aromatic rings. The van der Waals surface area contributed by atoms with Crippen molar-refractivity contribution in [3.63, 3.8) is 0 Å². The van der Waals surface area contributed by atoms with Crippen LogP contribution in [0.5, 0.6) is 0 Å². The summed E-state index contributed by atoms with van der Waals surface area (Å²) in [6, 6.07) is 8.76. The minimum atomic E-state index is -0.441. The molecule has 2 saturated carbocycles. The van der Waals surface area contributed by atoms with Gasteiger partial charge in [0.05, 0.1) is 5.60 Å². The monoisotopic (exact) mass is 268 g/mol. The Bertz CT molecular complexity index is 532. The summed E-state index contributed by atoms with van der Waals surface area (Å²) in [5.74, 6) is 1.41. The Labute approximate surface area is 121 Å². The molecule has 0 radical (unpaired) electrons. The first kappa shape index (κ1) is 12.6. The zero-order valence-electron chi connectivity index (χ0n) is 12.1. The molecule has 2 fully saturated rings. The smallest absolute Gasteiger partial charge is 0.0744 e. The number of hydrogen-bond donors (Lipinski definition) is 1. The van der Waals surface area contributed by atoms with E-state index in [0.29, 0.717) is 17.8 Å². The standard InChI is InChI=1S/C19H24O/c20-19-13-5-1-2-7-15(19)10-11-17-16-8-4-3-6-14(16)9-12-18(17)19/h3-4,6,8-9,12,15,17-18,20H,1-2,5,7,10-11,13H2/t15-,17-,18+,19+/m0/s1. The van der Waals surface area contributed by atoms with Crippen LogP contribution in [0.4, 0.5) is 0 Å². The maximum absolute atomic E-state index is 11.4. The normalized spacial score (nSPS) is 39.4. The van der Waals surface area contributed by atoms with E-state index in [9.17, 15) is 5.11 Å². The third kappa shape index (κ3) is 1.79. The first-order valence-electron chi connectivity index (χ1n) is 8.28. The second-order valence-electron chi connectivity index (χ2n) is 6.99. The van der Waals surface area contributed by atoms with Crippen LogP contribution >= 0.6 is 0 Å². The van der Waals surface area contributed by atoms with Gasteiger partial charge in [-0.1, -0.05) is 55.7 Å². The highest BCUT2D eigenvalue weighted by Gasteiger charge is 2.50. The quantitative estimate of drug-likeness (QED) is 0.733. The molecule has 1 N–H and O–H groups in total. The highest BCUT2D eigenvalue weighted by molar-refractivity contribution is 5.59. The lowest BCUT2D eigenvalue weighted by atomic mass is 9.58. The Morgan fingerprint density at radius 2 is 1.90 bits per heavy atom. The summed E-state index contributed by atoms with van der Waals surface area (Å²) in [7, 11) is 0. The Morgan fingerprint density at radius 3 is 2.85 bits per heavy atom. The summed E-state index contributed by atoms with van der Waals surface area (Å²) in [6.45, 7) is 0. The largest absolute Gasteiger partial charge is 0.389 e. The van der Waals surface area contributed by atoms with E-state index < -0.39 is 5.60 Å². The van der Waals surface area contributed by atoms with Crippen LogP contribution in [0.3, 0.4) is 0 Å². The average molecular weight is 268 g/mol. The van der Waals surface area contributed by atoms with Gasteiger partial charge in [0, 0.05) is 5.92 Å². The lowest BCUT2D eigenvalue weighted by Crippen LogP contribution is -2.50. The van der Waals surface area contributed by atoms with Gasteiger partial charge >= 0.3 is 0 Å². The second-order valence-corrected chi connectivity index (χ2v) is 6.99. The summed E-state index contributed by atoms with van der Waals surface area (Å²) < 4.78 is 0. The van der Waals surface area contributed by atoms with Crippen LogP contribution in [-0.4, -0.2) is 10.7 Å². The van der Waals surface area contributed by atoms with Crippen LogP contribution in [0.1, 0.15) is 62.0 Å². The molecule has 4 atom stereocenters. The van der Waals surface area contributed by atoms with Gasteiger partial charge in [0.2, 0.25) is 0 Å². The van der Waals surface area contributed by atoms with E-state index in [2.05, 4.69) is 36.4 Å². The fourth-order valence-electron chi connectivity index (χ4n) is 5.03. The van der Waals surface area contributed by atoms with Crippen molar-refractivity contribution in [3.05, 3.63) is 41.5 Å². The summed E-state index contributed by atoms with van der Waals surface area (Å²) >= 11 is 0. The molecule has 1 heteroatoms. The molecular weight excluding hydrogens is 244 g/mol. The molecule has 1 aromatic carbocycles. The molecular formula is C19H24O. The van der Waals surface area contributed by atoms with E-state index in [1.54, 1.807) is 0 Å². The van der Waals surface area contributed by atoms with Crippen molar-refractivity contribution in [1.29, 1.82) is 0 Å². The number of rotatable bonds is 0. The van der Waals surface area contributed by atoms with E-state index in [4.69, 9.17) is 0 Å². The lowest BCUT2D eigenvalue weighted by molar-refractivity contribution is -0.0914. The SMILES string of the molecule is O[C@]12CCCCC[C@H]1CC[C@H]1c3ccccc3C=C[C@H]12. The number of benzene rings is 1. The van der Waals surface area contributed by atoms with Crippen LogP contribution in [-0.2, 0) is 0 Å². The topological polar surface area (TPSA) is 20.2 Å². The Morgan fingerprint density at radius 1 is 1.00 bits per heavy atom. The summed E-state index contributed by atoms with van der Waals surface area (Å²) in [6.07, 6.45) is 13.1. The van der Waals surface area contributed by atoms with Gasteiger partial charge in [-0.3, -0.25) is 0 Å². The molecule has 0 heterocycles. The van der Waals surface area contributed by atoms with Crippen molar-refractivity contribution in [2.24, 2.45) is 11.8 Å². The fourth-order valence-corrected chi connectivity index (χ4v) is 5.03. The number of aliphatic hydroxyl groups is 1. The molecule has 0 aliphatic heterocycles. The molecule has 0 aromatic heterocycles. The van der Waals surface area contributed by atoms with E-state index >= 15 is 0 Å². The molecule has 106 valence electrons. The van der Waals surface area contributed by atoms with Gasteiger partial charge in [-0.25, -0.2) is 0 Å². The molecule has 0 unspecified atom stereocenters. The van der Waals surface area contributed by atoms with Crippen LogP contribution in [0.25, 0.3) is 6.08 Å². The highest BCUT2D eigenvalue weighted by atomic mass is 16.3. The summed E-state index contributed by atoms with van der Waals surface area (Å²) in [5, 5.41) is 11.4. The maximum Gasteiger partial charge on any atom is 0.0744 e. The Balaban J connectivity index is 1.75. The van der Waals surface area contributed by atoms with Gasteiger partial charge in [0.15, 0.2) is 0 Å². The molecule has 3 aliphatic rings. The van der Waals surface area contributed by atoms with E-state index in [1.807, 2.05) is 0 Å². The van der Waals surface area contributed by atoms with Crippen molar-refractivity contribution in [1.82, 2.24) is 0 Å². The van der Waals surface area contributed by atoms with Gasteiger partial charge in [-0.05, 0) is 48.6 Å². The van der Waals surface area contributed by atoms with Crippen molar-refractivity contribution in [2.75, 3.05) is 0 Å². The first-order valence-corrected chi connectivity index (χ1v) is 8.28. The van der Waals surface area contributed by atoms with Crippen molar-refractivity contribution >= 4 is 6.08 Å². The molecule has 4 rings (SSSR count). The van der Waals surface area contributed by atoms with Crippen molar-refractivity contribution in [2.45, 2.75) is 56.5 Å². The van der Waals surface area contributed by atoms with Gasteiger partial charge in [0.25, 0.3) is 0 Å². The van der Waals surface area contributed by atoms with Crippen LogP contribution in [0, 0.1) is 11.8 Å². The average Bonchev–Trinajstić information content (AvgIpc) is 2.68. The lowest BCUT2D eigenvalue weighted by Gasteiger charge is -2.50. The van der Waals surface area contributed by atoms with Gasteiger partial charge in [0.1, 0.15) is 0 Å². The summed E-state index contributed by atoms with van der Waals surface area (Å²) in [4.78, 5) is 0. The fraction of sp³-hybridized carbons (Fsp3) is 0.579. The van der Waals surface area contributed by atoms with E-state index in [0.717, 1.165) is 6.42 Å². The van der Waals surface area contributed by atoms with Crippen LogP contribution in [0.2, 0.25) is 0 Å². The van der Waals surface area contributed by atoms with Crippen molar-refractivity contribution in [3.8, 4) is 0 Å². The molecule has 0 saturated heterocycles. The zero-order chi connectivity index (χ0) is 13.6. The minimum absolute atomic E-state index is 0.342. The second kappa shape index (κ2) is 4.73. The first-order chi connectivity index (χ1) is 9.79. The van der Waals surface area contributed by atoms with Crippen LogP contribution in [0.15, 0.2) is 30.3 Å². The molecule has 0 spiro atoms. The van der Waals surface area contributed by atoms with Crippen molar-refractivity contribution < 1.29 is 5.11 Å². The summed E-state index contributed by atoms with van der Waals surface area (Å²) in [5.41, 5.74) is 2.39. The van der Waals surface area contributed by atoms with E-state index in [1.165, 1.54) is 49.7 Å². The van der Waals surface area contributed by atoms with E-state index in [-0.39, 0.29) is 0 Å². The zero-order valence-corrected chi connectivity index (χ0v) is 12.1. The maximum atomic E-state index is 11.4. The van der Waals surface area contributed by atoms with Gasteiger partial charge in [-0.2, -0.15) is 0 Å². The third-order valence-electron chi connectivity index (χ3n) is 6.05. The molecule has 20 heavy (non-hydrogen) atoms. The minimum Gasteiger partial charge on any atom is -0.389 e. The highest BCUT2D eigenvalue weighted by Crippen LogP contribution is 2.54. The Kier molecular flexibility index (Phi) is 2.99. The molecule has 0 amide bonds. The predicted molar refractivity (Wildman–Crippen MR) is 82.5 cm³/mol. The Hall–Kier alpha value is -1.08. The van der Waals surface area contributed by atoms with Crippen LogP contribution < -0.4 is 0 Å². The number of fused-ring (bicyclic) bond motifs is 5. The predicted octanol–water partition coefficient (Wildman–Crippen LogP) is 4.52. The number of hydrogen-bond acceptors (Lipinski definition) is 1. The molecule has 0 bridgehead atoms. The molecule has 3 aliphatic carbocycles. The molecule has 1 nitrogen and oxygen atoms in total. The van der Waals surface area contributed by atoms with Gasteiger partial charge < -0.3 is 5.11 Å². The third-order valence-corrected chi connectivity index (χ3v) is 6.05.